The Morgan fingerprint density at radius 2 is 2.23 bits per heavy atom. The number of hydrogen-bond acceptors (Lipinski definition) is 2. The van der Waals surface area contributed by atoms with E-state index in [-0.39, 0.29) is 0 Å². The van der Waals surface area contributed by atoms with Crippen molar-refractivity contribution in [3.8, 4) is 0 Å². The van der Waals surface area contributed by atoms with Gasteiger partial charge in [0.25, 0.3) is 0 Å². The van der Waals surface area contributed by atoms with Crippen molar-refractivity contribution in [2.24, 2.45) is 0 Å². The molecule has 0 fully saturated rings. The molecule has 0 spiro atoms. The lowest BCUT2D eigenvalue weighted by atomic mass is 10.1. The van der Waals surface area contributed by atoms with Crippen molar-refractivity contribution in [1.82, 2.24) is 0 Å². The van der Waals surface area contributed by atoms with Crippen LogP contribution in [0.25, 0.3) is 6.08 Å². The average Bonchev–Trinajstić information content (AvgIpc) is 2.15. The van der Waals surface area contributed by atoms with Crippen LogP contribution in [0.3, 0.4) is 0 Å². The second-order valence-electron chi connectivity index (χ2n) is 2.45. The van der Waals surface area contributed by atoms with E-state index in [4.69, 9.17) is 11.6 Å². The third-order valence-electron chi connectivity index (χ3n) is 1.61. The quantitative estimate of drug-likeness (QED) is 0.602. The number of carbonyl (C=O) groups is 1. The van der Waals surface area contributed by atoms with Gasteiger partial charge >= 0.3 is 0 Å². The van der Waals surface area contributed by atoms with E-state index in [1.165, 1.54) is 0 Å². The number of hydrogen-bond donors (Lipinski definition) is 1. The molecule has 0 unspecified atom stereocenters. The summed E-state index contributed by atoms with van der Waals surface area (Å²) in [6, 6.07) is 5.35. The molecule has 13 heavy (non-hydrogen) atoms. The van der Waals surface area contributed by atoms with Crippen LogP contribution in [0.1, 0.15) is 15.9 Å². The van der Waals surface area contributed by atoms with Gasteiger partial charge in [0.2, 0.25) is 0 Å². The van der Waals surface area contributed by atoms with Crippen molar-refractivity contribution in [1.29, 1.82) is 0 Å². The lowest BCUT2D eigenvalue weighted by Crippen LogP contribution is -1.86. The zero-order valence-electron chi connectivity index (χ0n) is 6.90. The van der Waals surface area contributed by atoms with E-state index in [0.29, 0.717) is 16.3 Å². The maximum absolute atomic E-state index is 10.7. The molecule has 1 aromatic carbocycles. The Balaban J connectivity index is 3.12. The minimum absolute atomic E-state index is 0.483. The zero-order chi connectivity index (χ0) is 9.68. The maximum atomic E-state index is 10.7. The zero-order valence-corrected chi connectivity index (χ0v) is 8.55. The summed E-state index contributed by atoms with van der Waals surface area (Å²) >= 11 is 9.86. The minimum atomic E-state index is 0.483. The lowest BCUT2D eigenvalue weighted by molar-refractivity contribution is 0.112. The van der Waals surface area contributed by atoms with Crippen LogP contribution in [-0.2, 0) is 0 Å². The van der Waals surface area contributed by atoms with Gasteiger partial charge < -0.3 is 0 Å². The van der Waals surface area contributed by atoms with Gasteiger partial charge in [0.15, 0.2) is 6.29 Å². The third-order valence-corrected chi connectivity index (χ3v) is 2.15. The van der Waals surface area contributed by atoms with Gasteiger partial charge in [-0.1, -0.05) is 35.9 Å². The van der Waals surface area contributed by atoms with Crippen LogP contribution in [0.5, 0.6) is 0 Å². The normalized spacial score (nSPS) is 10.6. The van der Waals surface area contributed by atoms with E-state index in [9.17, 15) is 4.79 Å². The highest BCUT2D eigenvalue weighted by Crippen LogP contribution is 2.19. The standard InChI is InChI=1S/C10H9ClOS/c11-10-5-1-3-8(4-2-6-13)9(10)7-12/h1-5,7,13H,6H2. The monoisotopic (exact) mass is 212 g/mol. The average molecular weight is 213 g/mol. The number of benzene rings is 1. The second-order valence-corrected chi connectivity index (χ2v) is 3.22. The third kappa shape index (κ3) is 2.61. The summed E-state index contributed by atoms with van der Waals surface area (Å²) in [7, 11) is 0. The summed E-state index contributed by atoms with van der Waals surface area (Å²) in [5.74, 6) is 0.644. The fourth-order valence-corrected chi connectivity index (χ4v) is 1.33. The van der Waals surface area contributed by atoms with Crippen molar-refractivity contribution in [3.63, 3.8) is 0 Å². The van der Waals surface area contributed by atoms with E-state index in [1.54, 1.807) is 6.07 Å². The van der Waals surface area contributed by atoms with Crippen molar-refractivity contribution < 1.29 is 4.79 Å². The van der Waals surface area contributed by atoms with Crippen LogP contribution in [-0.4, -0.2) is 12.0 Å². The van der Waals surface area contributed by atoms with Crippen molar-refractivity contribution in [3.05, 3.63) is 40.4 Å². The van der Waals surface area contributed by atoms with Crippen molar-refractivity contribution in [2.45, 2.75) is 0 Å². The molecule has 0 saturated carbocycles. The molecule has 0 amide bonds. The fourth-order valence-electron chi connectivity index (χ4n) is 1.00. The number of carbonyl (C=O) groups excluding carboxylic acids is 1. The van der Waals surface area contributed by atoms with Crippen LogP contribution < -0.4 is 0 Å². The van der Waals surface area contributed by atoms with Gasteiger partial charge in [-0.25, -0.2) is 0 Å². The smallest absolute Gasteiger partial charge is 0.152 e. The molecule has 0 bridgehead atoms. The Labute approximate surface area is 87.8 Å². The van der Waals surface area contributed by atoms with Crippen LogP contribution in [0.2, 0.25) is 5.02 Å². The summed E-state index contributed by atoms with van der Waals surface area (Å²) in [6.07, 6.45) is 4.46. The Hall–Kier alpha value is -0.730. The van der Waals surface area contributed by atoms with Gasteiger partial charge in [-0.05, 0) is 11.6 Å². The first-order valence-electron chi connectivity index (χ1n) is 3.80. The molecule has 0 N–H and O–H groups in total. The predicted molar refractivity (Wildman–Crippen MR) is 59.7 cm³/mol. The highest BCUT2D eigenvalue weighted by atomic mass is 35.5. The van der Waals surface area contributed by atoms with Gasteiger partial charge in [-0.15, -0.1) is 0 Å². The molecule has 1 aromatic rings. The molecule has 0 aromatic heterocycles. The summed E-state index contributed by atoms with van der Waals surface area (Å²) in [4.78, 5) is 10.7. The largest absolute Gasteiger partial charge is 0.298 e. The highest BCUT2D eigenvalue weighted by Gasteiger charge is 2.01. The van der Waals surface area contributed by atoms with E-state index in [2.05, 4.69) is 12.6 Å². The van der Waals surface area contributed by atoms with Gasteiger partial charge in [0.1, 0.15) is 0 Å². The Kier molecular flexibility index (Phi) is 4.06. The first-order valence-corrected chi connectivity index (χ1v) is 4.81. The molecule has 0 aliphatic carbocycles. The minimum Gasteiger partial charge on any atom is -0.298 e. The summed E-state index contributed by atoms with van der Waals surface area (Å²) in [5, 5.41) is 0.483. The molecule has 0 radical (unpaired) electrons. The van der Waals surface area contributed by atoms with E-state index in [0.717, 1.165) is 11.8 Å². The van der Waals surface area contributed by atoms with Crippen LogP contribution in [0.4, 0.5) is 0 Å². The van der Waals surface area contributed by atoms with Gasteiger partial charge in [-0.3, -0.25) is 4.79 Å². The van der Waals surface area contributed by atoms with Gasteiger partial charge in [0, 0.05) is 11.3 Å². The topological polar surface area (TPSA) is 17.1 Å². The van der Waals surface area contributed by atoms with Crippen LogP contribution in [0.15, 0.2) is 24.3 Å². The summed E-state index contributed by atoms with van der Waals surface area (Å²) in [6.45, 7) is 0. The molecule has 1 nitrogen and oxygen atoms in total. The molecule has 0 saturated heterocycles. The predicted octanol–water partition coefficient (Wildman–Crippen LogP) is 3.10. The number of halogens is 1. The Bertz CT molecular complexity index is 334. The summed E-state index contributed by atoms with van der Waals surface area (Å²) in [5.41, 5.74) is 1.36. The fraction of sp³-hybridized carbons (Fsp3) is 0.100. The van der Waals surface area contributed by atoms with E-state index >= 15 is 0 Å². The van der Waals surface area contributed by atoms with Gasteiger partial charge in [0.05, 0.1) is 5.02 Å². The first kappa shape index (κ1) is 10.4. The molecule has 0 heterocycles. The highest BCUT2D eigenvalue weighted by molar-refractivity contribution is 7.80. The van der Waals surface area contributed by atoms with Crippen molar-refractivity contribution in [2.75, 3.05) is 5.75 Å². The van der Waals surface area contributed by atoms with Crippen LogP contribution in [0, 0.1) is 0 Å². The second kappa shape index (κ2) is 5.10. The number of aldehydes is 1. The Morgan fingerprint density at radius 3 is 2.85 bits per heavy atom. The first-order chi connectivity index (χ1) is 6.29. The van der Waals surface area contributed by atoms with Crippen molar-refractivity contribution >= 4 is 36.6 Å². The van der Waals surface area contributed by atoms with Crippen LogP contribution >= 0.6 is 24.2 Å². The number of rotatable bonds is 3. The molecule has 0 aliphatic heterocycles. The molecule has 0 atom stereocenters. The lowest BCUT2D eigenvalue weighted by Gasteiger charge is -2.00. The maximum Gasteiger partial charge on any atom is 0.152 e. The molecular formula is C10H9ClOS. The SMILES string of the molecule is O=Cc1c(Cl)cccc1C=CCS. The molecule has 68 valence electrons. The molecule has 3 heteroatoms. The molecule has 0 aliphatic rings. The molecule has 1 rings (SSSR count). The number of thiol groups is 1. The molecular weight excluding hydrogens is 204 g/mol. The van der Waals surface area contributed by atoms with E-state index in [1.807, 2.05) is 24.3 Å². The van der Waals surface area contributed by atoms with E-state index < -0.39 is 0 Å². The summed E-state index contributed by atoms with van der Waals surface area (Å²) < 4.78 is 0. The van der Waals surface area contributed by atoms with Gasteiger partial charge in [-0.2, -0.15) is 12.6 Å². The Morgan fingerprint density at radius 1 is 1.46 bits per heavy atom.